The van der Waals surface area contributed by atoms with E-state index in [2.05, 4.69) is 182 Å². The zero-order valence-corrected chi connectivity index (χ0v) is 25.3. The summed E-state index contributed by atoms with van der Waals surface area (Å²) in [4.78, 5) is 0. The summed E-state index contributed by atoms with van der Waals surface area (Å²) in [5, 5.41) is 10.2. The van der Waals surface area contributed by atoms with Gasteiger partial charge in [0, 0.05) is 0 Å². The fourth-order valence-electron chi connectivity index (χ4n) is 7.06. The lowest BCUT2D eigenvalue weighted by Crippen LogP contribution is -1.86. The Hall–Kier alpha value is -5.98. The Morgan fingerprint density at radius 3 is 1.28 bits per heavy atom. The molecule has 0 unspecified atom stereocenters. The van der Waals surface area contributed by atoms with Crippen molar-refractivity contribution in [3.63, 3.8) is 0 Å². The third-order valence-corrected chi connectivity index (χ3v) is 9.46. The Balaban J connectivity index is 1.03. The molecule has 9 aromatic rings. The van der Waals surface area contributed by atoms with Crippen LogP contribution >= 0.6 is 0 Å². The molecule has 0 bridgehead atoms. The van der Waals surface area contributed by atoms with E-state index in [-0.39, 0.29) is 0 Å². The Labute approximate surface area is 268 Å². The molecular weight excluding hydrogens is 553 g/mol. The molecule has 0 aliphatic heterocycles. The van der Waals surface area contributed by atoms with Crippen LogP contribution in [0.2, 0.25) is 0 Å². The highest BCUT2D eigenvalue weighted by Gasteiger charge is 2.10. The molecule has 46 heavy (non-hydrogen) atoms. The maximum atomic E-state index is 2.32. The molecule has 9 rings (SSSR count). The van der Waals surface area contributed by atoms with E-state index < -0.39 is 0 Å². The number of hydrogen-bond acceptors (Lipinski definition) is 0. The lowest BCUT2D eigenvalue weighted by Gasteiger charge is -2.13. The van der Waals surface area contributed by atoms with Gasteiger partial charge in [0.2, 0.25) is 0 Å². The molecule has 0 heteroatoms. The minimum absolute atomic E-state index is 1.22. The van der Waals surface area contributed by atoms with Crippen molar-refractivity contribution in [3.05, 3.63) is 182 Å². The predicted molar refractivity (Wildman–Crippen MR) is 198 cm³/mol. The van der Waals surface area contributed by atoms with Gasteiger partial charge in [0.05, 0.1) is 0 Å². The normalized spacial score (nSPS) is 11.5. The summed E-state index contributed by atoms with van der Waals surface area (Å²) in [5.41, 5.74) is 9.94. The standard InChI is InChI=1S/C46H30/c1-2-8-32(9-3-1)42-26-27-43(46-13-7-6-12-45(42)46)34-16-14-31(15-17-34)35-19-20-37-29-38(22-21-36(37)28-35)39-24-25-44-40(30-39)23-18-33-10-4-5-11-41(33)44/h1-30H. The lowest BCUT2D eigenvalue weighted by atomic mass is 9.91. The van der Waals surface area contributed by atoms with Gasteiger partial charge in [-0.1, -0.05) is 164 Å². The Morgan fingerprint density at radius 1 is 0.196 bits per heavy atom. The zero-order valence-electron chi connectivity index (χ0n) is 25.3. The van der Waals surface area contributed by atoms with E-state index in [1.165, 1.54) is 87.6 Å². The molecule has 0 radical (unpaired) electrons. The Kier molecular flexibility index (Phi) is 6.25. The lowest BCUT2D eigenvalue weighted by molar-refractivity contribution is 1.61. The molecule has 214 valence electrons. The van der Waals surface area contributed by atoms with Crippen LogP contribution in [0.1, 0.15) is 0 Å². The van der Waals surface area contributed by atoms with Crippen LogP contribution in [0.25, 0.3) is 87.6 Å². The summed E-state index contributed by atoms with van der Waals surface area (Å²) in [6.45, 7) is 0. The van der Waals surface area contributed by atoms with Crippen LogP contribution < -0.4 is 0 Å². The van der Waals surface area contributed by atoms with Crippen molar-refractivity contribution in [2.24, 2.45) is 0 Å². The topological polar surface area (TPSA) is 0 Å². The van der Waals surface area contributed by atoms with Gasteiger partial charge in [0.1, 0.15) is 0 Å². The molecule has 0 aliphatic carbocycles. The van der Waals surface area contributed by atoms with E-state index in [9.17, 15) is 0 Å². The number of benzene rings is 9. The molecule has 0 saturated carbocycles. The largest absolute Gasteiger partial charge is 0.0622 e. The monoisotopic (exact) mass is 582 g/mol. The molecule has 0 aromatic heterocycles. The number of fused-ring (bicyclic) bond motifs is 5. The van der Waals surface area contributed by atoms with Crippen molar-refractivity contribution in [2.75, 3.05) is 0 Å². The van der Waals surface area contributed by atoms with Gasteiger partial charge >= 0.3 is 0 Å². The van der Waals surface area contributed by atoms with Crippen LogP contribution in [0.4, 0.5) is 0 Å². The summed E-state index contributed by atoms with van der Waals surface area (Å²) in [6, 6.07) is 66.5. The van der Waals surface area contributed by atoms with Crippen LogP contribution in [0, 0.1) is 0 Å². The summed E-state index contributed by atoms with van der Waals surface area (Å²) in [5.74, 6) is 0. The molecular formula is C46H30. The average molecular weight is 583 g/mol. The first kappa shape index (κ1) is 26.4. The van der Waals surface area contributed by atoms with Gasteiger partial charge in [-0.05, 0) is 106 Å². The van der Waals surface area contributed by atoms with Gasteiger partial charge in [-0.3, -0.25) is 0 Å². The minimum Gasteiger partial charge on any atom is -0.0622 e. The van der Waals surface area contributed by atoms with Gasteiger partial charge in [0.15, 0.2) is 0 Å². The van der Waals surface area contributed by atoms with E-state index in [0.29, 0.717) is 0 Å². The zero-order chi connectivity index (χ0) is 30.5. The second-order valence-electron chi connectivity index (χ2n) is 12.1. The molecule has 0 nitrogen and oxygen atoms in total. The fraction of sp³-hybridized carbons (Fsp3) is 0. The van der Waals surface area contributed by atoms with Gasteiger partial charge in [-0.25, -0.2) is 0 Å². The maximum absolute atomic E-state index is 2.32. The smallest absolute Gasteiger partial charge is 0.00992 e. The highest BCUT2D eigenvalue weighted by molar-refractivity contribution is 6.09. The highest BCUT2D eigenvalue weighted by Crippen LogP contribution is 2.37. The first-order valence-corrected chi connectivity index (χ1v) is 15.9. The van der Waals surface area contributed by atoms with E-state index in [1.54, 1.807) is 0 Å². The molecule has 0 amide bonds. The summed E-state index contributed by atoms with van der Waals surface area (Å²) in [7, 11) is 0. The van der Waals surface area contributed by atoms with Crippen LogP contribution in [-0.4, -0.2) is 0 Å². The predicted octanol–water partition coefficient (Wildman–Crippen LogP) is 13.0. The Morgan fingerprint density at radius 2 is 0.609 bits per heavy atom. The molecule has 0 atom stereocenters. The van der Waals surface area contributed by atoms with Gasteiger partial charge in [-0.2, -0.15) is 0 Å². The summed E-state index contributed by atoms with van der Waals surface area (Å²) in [6.07, 6.45) is 0. The SMILES string of the molecule is c1ccc(-c2ccc(-c3ccc(-c4ccc5cc(-c6ccc7c(ccc8ccccc87)c6)ccc5c4)cc3)c3ccccc23)cc1. The van der Waals surface area contributed by atoms with Gasteiger partial charge in [0.25, 0.3) is 0 Å². The van der Waals surface area contributed by atoms with E-state index >= 15 is 0 Å². The fourth-order valence-corrected chi connectivity index (χ4v) is 7.06. The average Bonchev–Trinajstić information content (AvgIpc) is 3.14. The second kappa shape index (κ2) is 10.9. The van der Waals surface area contributed by atoms with Crippen molar-refractivity contribution in [1.82, 2.24) is 0 Å². The third kappa shape index (κ3) is 4.55. The first-order valence-electron chi connectivity index (χ1n) is 15.9. The quantitative estimate of drug-likeness (QED) is 0.181. The molecule has 0 spiro atoms. The summed E-state index contributed by atoms with van der Waals surface area (Å²) >= 11 is 0. The first-order chi connectivity index (χ1) is 22.8. The van der Waals surface area contributed by atoms with Gasteiger partial charge < -0.3 is 0 Å². The van der Waals surface area contributed by atoms with Crippen LogP contribution in [-0.2, 0) is 0 Å². The van der Waals surface area contributed by atoms with Crippen molar-refractivity contribution in [2.45, 2.75) is 0 Å². The van der Waals surface area contributed by atoms with Crippen LogP contribution in [0.3, 0.4) is 0 Å². The van der Waals surface area contributed by atoms with E-state index in [4.69, 9.17) is 0 Å². The van der Waals surface area contributed by atoms with Crippen LogP contribution in [0.15, 0.2) is 182 Å². The molecule has 0 fully saturated rings. The second-order valence-corrected chi connectivity index (χ2v) is 12.1. The third-order valence-electron chi connectivity index (χ3n) is 9.46. The van der Waals surface area contributed by atoms with E-state index in [1.807, 2.05) is 0 Å². The molecule has 0 N–H and O–H groups in total. The summed E-state index contributed by atoms with van der Waals surface area (Å²) < 4.78 is 0. The molecule has 9 aromatic carbocycles. The molecule has 0 heterocycles. The van der Waals surface area contributed by atoms with Crippen molar-refractivity contribution in [3.8, 4) is 44.5 Å². The molecule has 0 aliphatic rings. The number of hydrogen-bond donors (Lipinski definition) is 0. The van der Waals surface area contributed by atoms with Crippen LogP contribution in [0.5, 0.6) is 0 Å². The molecule has 0 saturated heterocycles. The Bertz CT molecular complexity index is 2560. The van der Waals surface area contributed by atoms with Crippen molar-refractivity contribution >= 4 is 43.1 Å². The minimum atomic E-state index is 1.22. The number of rotatable bonds is 4. The van der Waals surface area contributed by atoms with Gasteiger partial charge in [-0.15, -0.1) is 0 Å². The van der Waals surface area contributed by atoms with Crippen molar-refractivity contribution < 1.29 is 0 Å². The maximum Gasteiger partial charge on any atom is -0.00992 e. The van der Waals surface area contributed by atoms with E-state index in [0.717, 1.165) is 0 Å². The highest BCUT2D eigenvalue weighted by atomic mass is 14.1. The van der Waals surface area contributed by atoms with Crippen molar-refractivity contribution in [1.29, 1.82) is 0 Å².